The Labute approximate surface area is 193 Å². The molecular weight excluding hydrogens is 438 g/mol. The summed E-state index contributed by atoms with van der Waals surface area (Å²) in [6.07, 6.45) is 0. The number of Topliss-reactive ketones (excluding diaryl/α,β-unsaturated/α-hetero) is 1. The molecule has 170 valence electrons. The number of nitrogens with one attached hydrogen (secondary N) is 1. The highest BCUT2D eigenvalue weighted by Gasteiger charge is 2.23. The van der Waals surface area contributed by atoms with Crippen LogP contribution in [0.15, 0.2) is 94.9 Å². The first-order valence-corrected chi connectivity index (χ1v) is 12.0. The minimum Gasteiger partial charge on any atom is -0.287 e. The van der Waals surface area contributed by atoms with Gasteiger partial charge in [0.15, 0.2) is 0 Å². The van der Waals surface area contributed by atoms with Gasteiger partial charge in [0.2, 0.25) is 15.8 Å². The molecule has 0 heterocycles. The number of carbonyl (C=O) groups is 2. The van der Waals surface area contributed by atoms with E-state index in [0.29, 0.717) is 24.2 Å². The van der Waals surface area contributed by atoms with Crippen molar-refractivity contribution in [1.29, 1.82) is 0 Å². The van der Waals surface area contributed by atoms with E-state index in [-0.39, 0.29) is 22.0 Å². The molecule has 0 bridgehead atoms. The average molecular weight is 464 g/mol. The predicted molar refractivity (Wildman–Crippen MR) is 128 cm³/mol. The Morgan fingerprint density at radius 1 is 0.788 bits per heavy atom. The number of carbonyl (C=O) groups excluding carboxylic acids is 2. The van der Waals surface area contributed by atoms with Crippen LogP contribution in [0.3, 0.4) is 0 Å². The van der Waals surface area contributed by atoms with Gasteiger partial charge >= 0.3 is 0 Å². The Kier molecular flexibility index (Phi) is 7.87. The molecule has 0 atom stereocenters. The maximum atomic E-state index is 13.1. The van der Waals surface area contributed by atoms with Crippen LogP contribution in [-0.4, -0.2) is 43.2 Å². The molecule has 0 fully saturated rings. The monoisotopic (exact) mass is 463 g/mol. The van der Waals surface area contributed by atoms with Crippen molar-refractivity contribution in [2.45, 2.75) is 18.7 Å². The maximum absolute atomic E-state index is 13.1. The van der Waals surface area contributed by atoms with Crippen LogP contribution < -0.4 is 5.43 Å². The van der Waals surface area contributed by atoms with E-state index in [9.17, 15) is 18.0 Å². The first-order chi connectivity index (χ1) is 15.9. The fraction of sp³-hybridized carbons (Fsp3) is 0.160. The van der Waals surface area contributed by atoms with Crippen molar-refractivity contribution < 1.29 is 18.0 Å². The summed E-state index contributed by atoms with van der Waals surface area (Å²) in [6, 6.07) is 23.2. The molecule has 0 aliphatic rings. The molecule has 0 radical (unpaired) electrons. The molecule has 8 heteroatoms. The number of rotatable bonds is 9. The second-order valence-electron chi connectivity index (χ2n) is 7.08. The Morgan fingerprint density at radius 2 is 1.33 bits per heavy atom. The topological polar surface area (TPSA) is 95.9 Å². The SMILES string of the molecule is CCN(CC)S(=O)(=O)c1cccc(C(=O)NN=C(C(=O)c2ccccc2)c2ccccc2)c1. The minimum atomic E-state index is -3.72. The second-order valence-corrected chi connectivity index (χ2v) is 9.02. The molecule has 1 N–H and O–H groups in total. The molecule has 0 saturated carbocycles. The number of hydrazone groups is 1. The molecule has 0 aliphatic carbocycles. The summed E-state index contributed by atoms with van der Waals surface area (Å²) in [5.41, 5.74) is 3.57. The van der Waals surface area contributed by atoms with Crippen molar-refractivity contribution >= 4 is 27.4 Å². The third-order valence-corrected chi connectivity index (χ3v) is 7.05. The lowest BCUT2D eigenvalue weighted by Gasteiger charge is -2.18. The Morgan fingerprint density at radius 3 is 1.91 bits per heavy atom. The minimum absolute atomic E-state index is 0.0199. The third kappa shape index (κ3) is 5.60. The molecule has 1 amide bonds. The molecule has 3 aromatic carbocycles. The van der Waals surface area contributed by atoms with E-state index < -0.39 is 15.9 Å². The Balaban J connectivity index is 1.91. The number of hydrogen-bond donors (Lipinski definition) is 1. The standard InChI is InChI=1S/C25H25N3O4S/c1-3-28(4-2)33(31,32)22-17-11-16-21(18-22)25(30)27-26-23(19-12-7-5-8-13-19)24(29)20-14-9-6-10-15-20/h5-18H,3-4H2,1-2H3,(H,27,30). The van der Waals surface area contributed by atoms with Gasteiger partial charge in [-0.3, -0.25) is 9.59 Å². The van der Waals surface area contributed by atoms with Crippen molar-refractivity contribution in [3.63, 3.8) is 0 Å². The molecule has 0 saturated heterocycles. The van der Waals surface area contributed by atoms with Crippen LogP contribution in [0.5, 0.6) is 0 Å². The van der Waals surface area contributed by atoms with Gasteiger partial charge in [-0.1, -0.05) is 80.6 Å². The van der Waals surface area contributed by atoms with Crippen LogP contribution in [0.25, 0.3) is 0 Å². The van der Waals surface area contributed by atoms with Gasteiger partial charge in [-0.2, -0.15) is 9.41 Å². The van der Waals surface area contributed by atoms with Gasteiger partial charge < -0.3 is 0 Å². The molecule has 33 heavy (non-hydrogen) atoms. The average Bonchev–Trinajstić information content (AvgIpc) is 2.85. The zero-order valence-corrected chi connectivity index (χ0v) is 19.2. The van der Waals surface area contributed by atoms with Gasteiger partial charge in [0.25, 0.3) is 5.91 Å². The highest BCUT2D eigenvalue weighted by atomic mass is 32.2. The lowest BCUT2D eigenvalue weighted by molar-refractivity contribution is 0.0954. The Bertz CT molecular complexity index is 1250. The molecule has 0 spiro atoms. The summed E-state index contributed by atoms with van der Waals surface area (Å²) in [7, 11) is -3.72. The van der Waals surface area contributed by atoms with E-state index in [0.717, 1.165) is 0 Å². The zero-order chi connectivity index (χ0) is 23.8. The van der Waals surface area contributed by atoms with E-state index in [4.69, 9.17) is 0 Å². The van der Waals surface area contributed by atoms with Crippen LogP contribution in [0.2, 0.25) is 0 Å². The number of benzene rings is 3. The molecule has 7 nitrogen and oxygen atoms in total. The number of amides is 1. The lowest BCUT2D eigenvalue weighted by atomic mass is 10.0. The first-order valence-electron chi connectivity index (χ1n) is 10.5. The van der Waals surface area contributed by atoms with Crippen LogP contribution in [0, 0.1) is 0 Å². The van der Waals surface area contributed by atoms with E-state index in [1.807, 2.05) is 6.07 Å². The molecular formula is C25H25N3O4S. The maximum Gasteiger partial charge on any atom is 0.271 e. The lowest BCUT2D eigenvalue weighted by Crippen LogP contribution is -2.31. The predicted octanol–water partition coefficient (Wildman–Crippen LogP) is 3.73. The molecule has 3 rings (SSSR count). The highest BCUT2D eigenvalue weighted by molar-refractivity contribution is 7.89. The van der Waals surface area contributed by atoms with Crippen molar-refractivity contribution in [2.75, 3.05) is 13.1 Å². The van der Waals surface area contributed by atoms with E-state index in [1.165, 1.54) is 28.6 Å². The van der Waals surface area contributed by atoms with Gasteiger partial charge in [-0.05, 0) is 18.2 Å². The van der Waals surface area contributed by atoms with Crippen molar-refractivity contribution in [2.24, 2.45) is 5.10 Å². The highest BCUT2D eigenvalue weighted by Crippen LogP contribution is 2.17. The number of hydrogen-bond acceptors (Lipinski definition) is 5. The van der Waals surface area contributed by atoms with Gasteiger partial charge in [-0.15, -0.1) is 0 Å². The fourth-order valence-electron chi connectivity index (χ4n) is 3.25. The summed E-state index contributed by atoms with van der Waals surface area (Å²) in [5, 5.41) is 4.11. The third-order valence-electron chi connectivity index (χ3n) is 5.01. The summed E-state index contributed by atoms with van der Waals surface area (Å²) in [5.74, 6) is -0.971. The number of ketones is 1. The summed E-state index contributed by atoms with van der Waals surface area (Å²) < 4.78 is 26.9. The Hall–Kier alpha value is -3.62. The van der Waals surface area contributed by atoms with Crippen LogP contribution in [0.1, 0.15) is 40.1 Å². The van der Waals surface area contributed by atoms with E-state index in [1.54, 1.807) is 68.4 Å². The van der Waals surface area contributed by atoms with Crippen molar-refractivity contribution in [3.8, 4) is 0 Å². The zero-order valence-electron chi connectivity index (χ0n) is 18.4. The van der Waals surface area contributed by atoms with Gasteiger partial charge in [0.1, 0.15) is 5.71 Å². The summed E-state index contributed by atoms with van der Waals surface area (Å²) in [4.78, 5) is 25.9. The van der Waals surface area contributed by atoms with Gasteiger partial charge in [0.05, 0.1) is 4.90 Å². The van der Waals surface area contributed by atoms with Crippen molar-refractivity contribution in [3.05, 3.63) is 102 Å². The normalized spacial score (nSPS) is 11.9. The number of sulfonamides is 1. The largest absolute Gasteiger partial charge is 0.287 e. The van der Waals surface area contributed by atoms with E-state index in [2.05, 4.69) is 10.5 Å². The van der Waals surface area contributed by atoms with Crippen LogP contribution >= 0.6 is 0 Å². The summed E-state index contributed by atoms with van der Waals surface area (Å²) in [6.45, 7) is 4.14. The quantitative estimate of drug-likeness (QED) is 0.297. The van der Waals surface area contributed by atoms with Gasteiger partial charge in [-0.25, -0.2) is 13.8 Å². The van der Waals surface area contributed by atoms with Crippen molar-refractivity contribution in [1.82, 2.24) is 9.73 Å². The molecule has 0 aliphatic heterocycles. The molecule has 0 unspecified atom stereocenters. The van der Waals surface area contributed by atoms with Gasteiger partial charge in [0, 0.05) is 29.8 Å². The molecule has 0 aromatic heterocycles. The van der Waals surface area contributed by atoms with Crippen LogP contribution in [-0.2, 0) is 10.0 Å². The smallest absolute Gasteiger partial charge is 0.271 e. The second kappa shape index (κ2) is 10.8. The van der Waals surface area contributed by atoms with Crippen LogP contribution in [0.4, 0.5) is 0 Å². The molecule has 3 aromatic rings. The number of nitrogens with zero attached hydrogens (tertiary/aromatic N) is 2. The fourth-order valence-corrected chi connectivity index (χ4v) is 4.75. The first kappa shape index (κ1) is 24.0. The van der Waals surface area contributed by atoms with E-state index >= 15 is 0 Å². The summed E-state index contributed by atoms with van der Waals surface area (Å²) >= 11 is 0.